The second kappa shape index (κ2) is 7.73. The Morgan fingerprint density at radius 1 is 0.742 bits per heavy atom. The van der Waals surface area contributed by atoms with Crippen molar-refractivity contribution in [3.8, 4) is 0 Å². The number of nitrogens with zero attached hydrogens (tertiary/aromatic N) is 2. The molecule has 7 heteroatoms. The van der Waals surface area contributed by atoms with Crippen LogP contribution in [0.15, 0.2) is 33.9 Å². The molecule has 2 aromatic rings. The molecule has 4 bridgehead atoms. The largest absolute Gasteiger partial charge is 0.316 e. The fraction of sp³-hybridized carbons (Fsp3) is 0.583. The van der Waals surface area contributed by atoms with Crippen molar-refractivity contribution in [1.29, 1.82) is 0 Å². The molecule has 4 atom stereocenters. The van der Waals surface area contributed by atoms with Gasteiger partial charge in [0.15, 0.2) is 0 Å². The number of nitrogens with one attached hydrogen (secondary N) is 3. The Balaban J connectivity index is 1.18. The highest BCUT2D eigenvalue weighted by Gasteiger charge is 2.32. The third-order valence-electron chi connectivity index (χ3n) is 7.70. The summed E-state index contributed by atoms with van der Waals surface area (Å²) in [4.78, 5) is 25.4. The van der Waals surface area contributed by atoms with Crippen LogP contribution < -0.4 is 27.1 Å². The van der Waals surface area contributed by atoms with Crippen molar-refractivity contribution in [3.63, 3.8) is 0 Å². The summed E-state index contributed by atoms with van der Waals surface area (Å²) in [6.07, 6.45) is 2.36. The topological polar surface area (TPSA) is 80.1 Å². The summed E-state index contributed by atoms with van der Waals surface area (Å²) in [7, 11) is 0. The van der Waals surface area contributed by atoms with Crippen molar-refractivity contribution in [1.82, 2.24) is 25.1 Å². The van der Waals surface area contributed by atoms with Crippen molar-refractivity contribution >= 4 is 0 Å². The zero-order chi connectivity index (χ0) is 20.9. The van der Waals surface area contributed by atoms with Crippen LogP contribution in [0, 0.1) is 11.8 Å². The number of hydrogen-bond donors (Lipinski definition) is 3. The second-order valence-corrected chi connectivity index (χ2v) is 9.99. The summed E-state index contributed by atoms with van der Waals surface area (Å²) in [5, 5.41) is 10.5. The molecule has 0 aromatic carbocycles. The SMILES string of the molecule is O=c1cc(CNCc2cc3n(c(=O)c2)CC2CNCC3C2)cc2n1CC1CNCC2C1. The first-order valence-corrected chi connectivity index (χ1v) is 11.7. The average molecular weight is 422 g/mol. The van der Waals surface area contributed by atoms with E-state index in [0.29, 0.717) is 36.8 Å². The van der Waals surface area contributed by atoms with Crippen molar-refractivity contribution in [2.75, 3.05) is 26.2 Å². The molecule has 0 saturated carbocycles. The second-order valence-electron chi connectivity index (χ2n) is 9.99. The third-order valence-corrected chi connectivity index (χ3v) is 7.70. The van der Waals surface area contributed by atoms with Gasteiger partial charge in [-0.05, 0) is 61.0 Å². The van der Waals surface area contributed by atoms with E-state index in [-0.39, 0.29) is 11.1 Å². The summed E-state index contributed by atoms with van der Waals surface area (Å²) in [6.45, 7) is 6.90. The molecule has 0 spiro atoms. The van der Waals surface area contributed by atoms with Gasteiger partial charge in [-0.15, -0.1) is 0 Å². The standard InChI is InChI=1S/C24H31N5O2/c30-23-5-15(3-21-19-1-17(9-26-11-19)13-28(21)23)7-25-8-16-4-22-20-2-18(10-27-12-20)14-29(22)24(31)6-16/h3-6,17-20,25-27H,1-2,7-14H2. The van der Waals surface area contributed by atoms with Gasteiger partial charge in [0.25, 0.3) is 11.1 Å². The fourth-order valence-electron chi connectivity index (χ4n) is 6.28. The molecule has 2 aromatic heterocycles. The van der Waals surface area contributed by atoms with Crippen LogP contribution in [0.3, 0.4) is 0 Å². The van der Waals surface area contributed by atoms with Gasteiger partial charge in [-0.3, -0.25) is 9.59 Å². The molecular formula is C24H31N5O2. The normalized spacial score (nSPS) is 28.6. The average Bonchev–Trinajstić information content (AvgIpc) is 2.76. The van der Waals surface area contributed by atoms with E-state index in [9.17, 15) is 9.59 Å². The number of aromatic nitrogens is 2. The predicted molar refractivity (Wildman–Crippen MR) is 119 cm³/mol. The Bertz CT molecular complexity index is 1030. The molecule has 2 saturated heterocycles. The lowest BCUT2D eigenvalue weighted by molar-refractivity contribution is 0.256. The molecule has 0 amide bonds. The summed E-state index contributed by atoms with van der Waals surface area (Å²) >= 11 is 0. The third kappa shape index (κ3) is 3.58. The van der Waals surface area contributed by atoms with Gasteiger partial charge >= 0.3 is 0 Å². The van der Waals surface area contributed by atoms with Crippen molar-refractivity contribution < 1.29 is 0 Å². The van der Waals surface area contributed by atoms with Gasteiger partial charge in [0.2, 0.25) is 0 Å². The highest BCUT2D eigenvalue weighted by atomic mass is 16.1. The van der Waals surface area contributed by atoms with E-state index >= 15 is 0 Å². The minimum absolute atomic E-state index is 0.122. The summed E-state index contributed by atoms with van der Waals surface area (Å²) in [5.41, 5.74) is 4.68. The maximum Gasteiger partial charge on any atom is 0.251 e. The van der Waals surface area contributed by atoms with Crippen LogP contribution in [0.25, 0.3) is 0 Å². The van der Waals surface area contributed by atoms with Crippen LogP contribution in [0.2, 0.25) is 0 Å². The first-order chi connectivity index (χ1) is 15.1. The number of fused-ring (bicyclic) bond motifs is 8. The highest BCUT2D eigenvalue weighted by Crippen LogP contribution is 2.33. The number of pyridine rings is 2. The van der Waals surface area contributed by atoms with Crippen molar-refractivity contribution in [2.24, 2.45) is 11.8 Å². The number of piperidine rings is 2. The maximum atomic E-state index is 12.7. The fourth-order valence-corrected chi connectivity index (χ4v) is 6.28. The first-order valence-electron chi connectivity index (χ1n) is 11.7. The lowest BCUT2D eigenvalue weighted by atomic mass is 9.84. The Kier molecular flexibility index (Phi) is 4.85. The van der Waals surface area contributed by atoms with E-state index in [0.717, 1.165) is 50.4 Å². The highest BCUT2D eigenvalue weighted by molar-refractivity contribution is 5.26. The lowest BCUT2D eigenvalue weighted by Crippen LogP contribution is -2.45. The zero-order valence-corrected chi connectivity index (χ0v) is 17.9. The molecule has 4 unspecified atom stereocenters. The Hall–Kier alpha value is -2.22. The van der Waals surface area contributed by atoms with E-state index in [1.807, 2.05) is 9.13 Å². The maximum absolute atomic E-state index is 12.7. The molecular weight excluding hydrogens is 390 g/mol. The summed E-state index contributed by atoms with van der Waals surface area (Å²) in [6, 6.07) is 7.97. The summed E-state index contributed by atoms with van der Waals surface area (Å²) in [5.74, 6) is 2.03. The van der Waals surface area contributed by atoms with Gasteiger partial charge in [0.05, 0.1) is 0 Å². The smallest absolute Gasteiger partial charge is 0.251 e. The van der Waals surface area contributed by atoms with Crippen LogP contribution in [0.5, 0.6) is 0 Å². The van der Waals surface area contributed by atoms with Crippen molar-refractivity contribution in [2.45, 2.75) is 50.9 Å². The van der Waals surface area contributed by atoms with Gasteiger partial charge in [0.1, 0.15) is 0 Å². The van der Waals surface area contributed by atoms with Gasteiger partial charge in [0, 0.05) is 74.6 Å². The molecule has 0 radical (unpaired) electrons. The van der Waals surface area contributed by atoms with E-state index in [4.69, 9.17) is 0 Å². The van der Waals surface area contributed by atoms with Gasteiger partial charge in [-0.25, -0.2) is 0 Å². The van der Waals surface area contributed by atoms with Gasteiger partial charge in [-0.2, -0.15) is 0 Å². The molecule has 31 heavy (non-hydrogen) atoms. The Morgan fingerprint density at radius 2 is 1.23 bits per heavy atom. The van der Waals surface area contributed by atoms with E-state index < -0.39 is 0 Å². The van der Waals surface area contributed by atoms with E-state index in [1.54, 1.807) is 12.1 Å². The van der Waals surface area contributed by atoms with Crippen LogP contribution in [-0.2, 0) is 26.2 Å². The molecule has 4 aliphatic rings. The molecule has 6 heterocycles. The molecule has 6 rings (SSSR count). The quantitative estimate of drug-likeness (QED) is 0.678. The number of hydrogen-bond acceptors (Lipinski definition) is 5. The van der Waals surface area contributed by atoms with Gasteiger partial charge in [-0.1, -0.05) is 0 Å². The minimum Gasteiger partial charge on any atom is -0.316 e. The van der Waals surface area contributed by atoms with Gasteiger partial charge < -0.3 is 25.1 Å². The Labute approximate surface area is 181 Å². The zero-order valence-electron chi connectivity index (χ0n) is 17.9. The molecule has 0 aliphatic carbocycles. The molecule has 2 fully saturated rings. The van der Waals surface area contributed by atoms with Crippen LogP contribution in [-0.4, -0.2) is 35.3 Å². The molecule has 7 nitrogen and oxygen atoms in total. The molecule has 4 aliphatic heterocycles. The van der Waals surface area contributed by atoms with Crippen LogP contribution >= 0.6 is 0 Å². The summed E-state index contributed by atoms with van der Waals surface area (Å²) < 4.78 is 3.97. The van der Waals surface area contributed by atoms with E-state index in [2.05, 4.69) is 28.1 Å². The van der Waals surface area contributed by atoms with Crippen LogP contribution in [0.4, 0.5) is 0 Å². The predicted octanol–water partition coefficient (Wildman–Crippen LogP) is 0.713. The Morgan fingerprint density at radius 3 is 1.71 bits per heavy atom. The van der Waals surface area contributed by atoms with E-state index in [1.165, 1.54) is 24.2 Å². The molecule has 164 valence electrons. The van der Waals surface area contributed by atoms with Crippen molar-refractivity contribution in [3.05, 3.63) is 67.5 Å². The monoisotopic (exact) mass is 421 g/mol. The lowest BCUT2D eigenvalue weighted by Gasteiger charge is -2.37. The van der Waals surface area contributed by atoms with Crippen LogP contribution in [0.1, 0.15) is 47.2 Å². The molecule has 3 N–H and O–H groups in total. The number of rotatable bonds is 4. The first kappa shape index (κ1) is 19.5. The minimum atomic E-state index is 0.122.